The molecule has 5 heteroatoms. The van der Waals surface area contributed by atoms with Gasteiger partial charge in [0.25, 0.3) is 0 Å². The van der Waals surface area contributed by atoms with Crippen molar-refractivity contribution in [3.05, 3.63) is 0 Å². The maximum absolute atomic E-state index is 10.3. The third-order valence-corrected chi connectivity index (χ3v) is 1.99. The number of aliphatic carboxylic acids is 2. The second-order valence-electron chi connectivity index (χ2n) is 3.32. The molecule has 0 rings (SSSR count). The summed E-state index contributed by atoms with van der Waals surface area (Å²) in [5.74, 6) is -4.50. The number of rotatable bonds is 6. The van der Waals surface area contributed by atoms with Gasteiger partial charge in [0.1, 0.15) is 0 Å². The van der Waals surface area contributed by atoms with Gasteiger partial charge < -0.3 is 19.8 Å². The molecule has 1 atom stereocenters. The van der Waals surface area contributed by atoms with E-state index < -0.39 is 17.9 Å². The summed E-state index contributed by atoms with van der Waals surface area (Å²) in [6.45, 7) is 3.78. The van der Waals surface area contributed by atoms with Crippen LogP contribution in [0.2, 0.25) is 0 Å². The van der Waals surface area contributed by atoms with Gasteiger partial charge in [0.15, 0.2) is 0 Å². The molecular formula is C9H14BaO4. The number of carboxylic acids is 2. The Morgan fingerprint density at radius 1 is 1.21 bits per heavy atom. The topological polar surface area (TPSA) is 80.3 Å². The number of carboxylic acid groups (broad SMARTS) is 2. The van der Waals surface area contributed by atoms with E-state index in [1.807, 2.05) is 13.8 Å². The average molecular weight is 324 g/mol. The van der Waals surface area contributed by atoms with Crippen molar-refractivity contribution < 1.29 is 19.8 Å². The molecule has 0 saturated carbocycles. The molecule has 0 aromatic carbocycles. The van der Waals surface area contributed by atoms with Crippen LogP contribution in [0.15, 0.2) is 0 Å². The minimum atomic E-state index is -1.55. The Bertz CT molecular complexity index is 179. The van der Waals surface area contributed by atoms with E-state index in [0.29, 0.717) is 0 Å². The number of carbonyl (C=O) groups excluding carboxylic acids is 2. The average Bonchev–Trinajstić information content (AvgIpc) is 1.99. The smallest absolute Gasteiger partial charge is 0.549 e. The Balaban J connectivity index is 0. The van der Waals surface area contributed by atoms with E-state index in [1.165, 1.54) is 0 Å². The van der Waals surface area contributed by atoms with Crippen LogP contribution < -0.4 is 10.2 Å². The van der Waals surface area contributed by atoms with Crippen molar-refractivity contribution in [1.29, 1.82) is 0 Å². The largest absolute Gasteiger partial charge is 2.00 e. The molecular weight excluding hydrogens is 309 g/mol. The Morgan fingerprint density at radius 2 is 1.64 bits per heavy atom. The first-order valence-corrected chi connectivity index (χ1v) is 4.40. The Morgan fingerprint density at radius 3 is 1.93 bits per heavy atom. The fourth-order valence-corrected chi connectivity index (χ4v) is 1.30. The van der Waals surface area contributed by atoms with Crippen LogP contribution in [0.1, 0.15) is 33.1 Å². The molecule has 0 aliphatic rings. The molecule has 0 aromatic heterocycles. The minimum absolute atomic E-state index is 0. The van der Waals surface area contributed by atoms with Crippen molar-refractivity contribution in [3.63, 3.8) is 0 Å². The quantitative estimate of drug-likeness (QED) is 0.442. The summed E-state index contributed by atoms with van der Waals surface area (Å²) in [7, 11) is 0. The van der Waals surface area contributed by atoms with E-state index in [1.54, 1.807) is 0 Å². The molecule has 0 heterocycles. The third kappa shape index (κ3) is 6.89. The zero-order valence-electron chi connectivity index (χ0n) is 8.62. The minimum Gasteiger partial charge on any atom is -0.549 e. The van der Waals surface area contributed by atoms with E-state index in [9.17, 15) is 19.8 Å². The second kappa shape index (κ2) is 8.79. The maximum Gasteiger partial charge on any atom is 2.00 e. The second-order valence-corrected chi connectivity index (χ2v) is 3.32. The van der Waals surface area contributed by atoms with Gasteiger partial charge in [0.2, 0.25) is 0 Å². The SMILES string of the molecule is CCCC(C)CC(C(=O)[O-])C(=O)[O-].[Ba+2]. The van der Waals surface area contributed by atoms with E-state index in [2.05, 4.69) is 0 Å². The summed E-state index contributed by atoms with van der Waals surface area (Å²) in [6.07, 6.45) is 1.82. The van der Waals surface area contributed by atoms with Crippen LogP contribution >= 0.6 is 0 Å². The molecule has 76 valence electrons. The van der Waals surface area contributed by atoms with E-state index in [0.717, 1.165) is 12.8 Å². The summed E-state index contributed by atoms with van der Waals surface area (Å²) in [5, 5.41) is 20.7. The molecule has 0 bridgehead atoms. The van der Waals surface area contributed by atoms with Gasteiger partial charge in [-0.1, -0.05) is 26.7 Å². The maximum atomic E-state index is 10.3. The van der Waals surface area contributed by atoms with Gasteiger partial charge in [-0.15, -0.1) is 0 Å². The normalized spacial score (nSPS) is 11.9. The van der Waals surface area contributed by atoms with Crippen molar-refractivity contribution in [2.75, 3.05) is 0 Å². The standard InChI is InChI=1S/C9H16O4.Ba/c1-3-4-6(2)5-7(8(10)11)9(12)13;/h6-7H,3-5H2,1-2H3,(H,10,11)(H,12,13);/q;+2/p-2. The molecule has 0 saturated heterocycles. The van der Waals surface area contributed by atoms with Crippen molar-refractivity contribution in [2.45, 2.75) is 33.1 Å². The fourth-order valence-electron chi connectivity index (χ4n) is 1.30. The molecule has 0 aliphatic carbocycles. The summed E-state index contributed by atoms with van der Waals surface area (Å²) >= 11 is 0. The van der Waals surface area contributed by atoms with E-state index in [-0.39, 0.29) is 61.2 Å². The first-order valence-electron chi connectivity index (χ1n) is 4.40. The Labute approximate surface area is 124 Å². The number of hydrogen-bond acceptors (Lipinski definition) is 4. The van der Waals surface area contributed by atoms with Gasteiger partial charge >= 0.3 is 48.9 Å². The third-order valence-electron chi connectivity index (χ3n) is 1.99. The molecule has 0 N–H and O–H groups in total. The van der Waals surface area contributed by atoms with Gasteiger partial charge in [-0.05, 0) is 12.3 Å². The molecule has 0 spiro atoms. The van der Waals surface area contributed by atoms with Crippen LogP contribution in [-0.4, -0.2) is 60.8 Å². The van der Waals surface area contributed by atoms with E-state index in [4.69, 9.17) is 0 Å². The molecule has 0 fully saturated rings. The Hall–Kier alpha value is 0.511. The van der Waals surface area contributed by atoms with Gasteiger partial charge in [-0.3, -0.25) is 0 Å². The fraction of sp³-hybridized carbons (Fsp3) is 0.778. The van der Waals surface area contributed by atoms with Crippen LogP contribution in [0, 0.1) is 11.8 Å². The predicted molar refractivity (Wildman–Crippen MR) is 47.9 cm³/mol. The van der Waals surface area contributed by atoms with Crippen molar-refractivity contribution in [1.82, 2.24) is 0 Å². The molecule has 14 heavy (non-hydrogen) atoms. The monoisotopic (exact) mass is 324 g/mol. The van der Waals surface area contributed by atoms with Crippen molar-refractivity contribution in [2.24, 2.45) is 11.8 Å². The molecule has 0 aromatic rings. The van der Waals surface area contributed by atoms with Crippen molar-refractivity contribution >= 4 is 60.8 Å². The van der Waals surface area contributed by atoms with Crippen molar-refractivity contribution in [3.8, 4) is 0 Å². The molecule has 0 amide bonds. The molecule has 0 radical (unpaired) electrons. The molecule has 1 unspecified atom stereocenters. The Kier molecular flexibility index (Phi) is 10.6. The number of carbonyl (C=O) groups is 2. The number of hydrogen-bond donors (Lipinski definition) is 0. The molecule has 4 nitrogen and oxygen atoms in total. The van der Waals surface area contributed by atoms with Gasteiger partial charge in [-0.25, -0.2) is 0 Å². The zero-order valence-corrected chi connectivity index (χ0v) is 13.1. The summed E-state index contributed by atoms with van der Waals surface area (Å²) < 4.78 is 0. The van der Waals surface area contributed by atoms with Gasteiger partial charge in [0.05, 0.1) is 11.9 Å². The summed E-state index contributed by atoms with van der Waals surface area (Å²) in [5.41, 5.74) is 0. The van der Waals surface area contributed by atoms with Crippen LogP contribution in [0.25, 0.3) is 0 Å². The zero-order chi connectivity index (χ0) is 10.4. The predicted octanol–water partition coefficient (Wildman–Crippen LogP) is -1.45. The van der Waals surface area contributed by atoms with Crippen LogP contribution in [-0.2, 0) is 9.59 Å². The van der Waals surface area contributed by atoms with Crippen LogP contribution in [0.4, 0.5) is 0 Å². The summed E-state index contributed by atoms with van der Waals surface area (Å²) in [6, 6.07) is 0. The van der Waals surface area contributed by atoms with Gasteiger partial charge in [-0.2, -0.15) is 0 Å². The van der Waals surface area contributed by atoms with Crippen LogP contribution in [0.3, 0.4) is 0 Å². The first kappa shape index (κ1) is 16.9. The first-order chi connectivity index (χ1) is 5.99. The van der Waals surface area contributed by atoms with Crippen LogP contribution in [0.5, 0.6) is 0 Å². The van der Waals surface area contributed by atoms with Gasteiger partial charge in [0, 0.05) is 5.92 Å². The molecule has 0 aliphatic heterocycles. The summed E-state index contributed by atoms with van der Waals surface area (Å²) in [4.78, 5) is 20.7. The van der Waals surface area contributed by atoms with E-state index >= 15 is 0 Å².